The topological polar surface area (TPSA) is 54.8 Å². The first-order chi connectivity index (χ1) is 19.4. The van der Waals surface area contributed by atoms with Gasteiger partial charge in [-0.15, -0.1) is 0 Å². The van der Waals surface area contributed by atoms with Gasteiger partial charge in [0, 0.05) is 35.5 Å². The molecule has 0 spiro atoms. The van der Waals surface area contributed by atoms with Gasteiger partial charge in [0.05, 0.1) is 19.7 Å². The first-order valence-corrected chi connectivity index (χ1v) is 15.3. The van der Waals surface area contributed by atoms with Crippen molar-refractivity contribution in [2.75, 3.05) is 19.7 Å². The molecule has 3 aromatic rings. The van der Waals surface area contributed by atoms with Crippen molar-refractivity contribution < 1.29 is 14.3 Å². The molecule has 1 fully saturated rings. The highest BCUT2D eigenvalue weighted by Crippen LogP contribution is 2.25. The van der Waals surface area contributed by atoms with Gasteiger partial charge in [-0.2, -0.15) is 0 Å². The predicted octanol–water partition coefficient (Wildman–Crippen LogP) is 6.66. The molecule has 0 radical (unpaired) electrons. The fourth-order valence-corrected chi connectivity index (χ4v) is 5.66. The molecule has 2 aromatic carbocycles. The highest BCUT2D eigenvalue weighted by molar-refractivity contribution is 9.10. The maximum atomic E-state index is 13.9. The predicted molar refractivity (Wildman–Crippen MR) is 163 cm³/mol. The fraction of sp³-hybridized carbons (Fsp3) is 0.455. The number of carbonyl (C=O) groups is 2. The van der Waals surface area contributed by atoms with Crippen LogP contribution in [0, 0.1) is 5.92 Å². The van der Waals surface area contributed by atoms with Crippen LogP contribution in [-0.4, -0.2) is 51.9 Å². The van der Waals surface area contributed by atoms with E-state index in [1.807, 2.05) is 35.2 Å². The van der Waals surface area contributed by atoms with E-state index < -0.39 is 0 Å². The van der Waals surface area contributed by atoms with Crippen LogP contribution in [-0.2, 0) is 34.0 Å². The van der Waals surface area contributed by atoms with E-state index in [0.717, 1.165) is 48.0 Å². The van der Waals surface area contributed by atoms with Crippen molar-refractivity contribution in [1.82, 2.24) is 14.4 Å². The minimum absolute atomic E-state index is 0.0142. The minimum Gasteiger partial charge on any atom is -0.367 e. The molecule has 0 atom stereocenters. The molecule has 214 valence electrons. The Bertz CT molecular complexity index is 1200. The average Bonchev–Trinajstić information content (AvgIpc) is 3.39. The summed E-state index contributed by atoms with van der Waals surface area (Å²) in [6.07, 6.45) is 7.59. The van der Waals surface area contributed by atoms with Gasteiger partial charge in [0.25, 0.3) is 0 Å². The Morgan fingerprint density at radius 2 is 1.65 bits per heavy atom. The van der Waals surface area contributed by atoms with Gasteiger partial charge in [0.2, 0.25) is 11.8 Å². The summed E-state index contributed by atoms with van der Waals surface area (Å²) in [4.78, 5) is 30.9. The molecule has 1 heterocycles. The maximum Gasteiger partial charge on any atom is 0.249 e. The molecule has 0 aliphatic heterocycles. The van der Waals surface area contributed by atoms with Gasteiger partial charge in [0.15, 0.2) is 0 Å². The van der Waals surface area contributed by atoms with E-state index in [4.69, 9.17) is 4.74 Å². The number of benzene rings is 2. The molecule has 1 aliphatic carbocycles. The lowest BCUT2D eigenvalue weighted by atomic mass is 9.94. The van der Waals surface area contributed by atoms with Crippen LogP contribution in [0.25, 0.3) is 0 Å². The second-order valence-electron chi connectivity index (χ2n) is 11.2. The van der Waals surface area contributed by atoms with E-state index in [1.54, 1.807) is 4.90 Å². The third-order valence-electron chi connectivity index (χ3n) is 7.46. The number of amides is 2. The number of aromatic nitrogens is 1. The summed E-state index contributed by atoms with van der Waals surface area (Å²) in [7, 11) is 0. The summed E-state index contributed by atoms with van der Waals surface area (Å²) in [6, 6.07) is 22.5. The second-order valence-corrected chi connectivity index (χ2v) is 12.1. The maximum absolute atomic E-state index is 13.9. The number of nitrogens with zero attached hydrogens (tertiary/aromatic N) is 3. The van der Waals surface area contributed by atoms with E-state index >= 15 is 0 Å². The van der Waals surface area contributed by atoms with Gasteiger partial charge in [-0.05, 0) is 54.2 Å². The first-order valence-electron chi connectivity index (χ1n) is 14.5. The van der Waals surface area contributed by atoms with E-state index in [2.05, 4.69) is 76.9 Å². The lowest BCUT2D eigenvalue weighted by Gasteiger charge is -2.36. The van der Waals surface area contributed by atoms with Crippen molar-refractivity contribution in [3.63, 3.8) is 0 Å². The number of hydrogen-bond acceptors (Lipinski definition) is 3. The van der Waals surface area contributed by atoms with Crippen molar-refractivity contribution in [2.45, 2.75) is 71.7 Å². The number of hydrogen-bond donors (Lipinski definition) is 0. The Morgan fingerprint density at radius 3 is 2.35 bits per heavy atom. The van der Waals surface area contributed by atoms with Gasteiger partial charge in [-0.1, -0.05) is 91.5 Å². The zero-order valence-corrected chi connectivity index (χ0v) is 25.4. The zero-order valence-electron chi connectivity index (χ0n) is 23.8. The van der Waals surface area contributed by atoms with Crippen LogP contribution in [0.3, 0.4) is 0 Å². The van der Waals surface area contributed by atoms with Crippen molar-refractivity contribution in [3.05, 3.63) is 94.2 Å². The van der Waals surface area contributed by atoms with Gasteiger partial charge in [0.1, 0.15) is 6.61 Å². The van der Waals surface area contributed by atoms with E-state index in [0.29, 0.717) is 19.7 Å². The lowest BCUT2D eigenvalue weighted by molar-refractivity contribution is -0.145. The Balaban J connectivity index is 1.45. The van der Waals surface area contributed by atoms with Crippen molar-refractivity contribution in [1.29, 1.82) is 0 Å². The smallest absolute Gasteiger partial charge is 0.249 e. The number of halogens is 1. The Labute approximate surface area is 247 Å². The van der Waals surface area contributed by atoms with E-state index in [1.165, 1.54) is 12.0 Å². The van der Waals surface area contributed by atoms with Crippen LogP contribution in [0.2, 0.25) is 0 Å². The Hall–Kier alpha value is -2.90. The summed E-state index contributed by atoms with van der Waals surface area (Å²) in [5.41, 5.74) is 3.34. The molecular weight excluding hydrogens is 566 g/mol. The first kappa shape index (κ1) is 30.1. The molecule has 7 heteroatoms. The van der Waals surface area contributed by atoms with E-state index in [9.17, 15) is 9.59 Å². The molecule has 0 N–H and O–H groups in total. The molecule has 1 saturated carbocycles. The molecule has 0 saturated heterocycles. The number of rotatable bonds is 13. The summed E-state index contributed by atoms with van der Waals surface area (Å²) < 4.78 is 9.03. The summed E-state index contributed by atoms with van der Waals surface area (Å²) in [5.74, 6) is 0.123. The normalized spacial score (nSPS) is 13.9. The van der Waals surface area contributed by atoms with Crippen LogP contribution in [0.1, 0.15) is 62.8 Å². The van der Waals surface area contributed by atoms with Crippen LogP contribution >= 0.6 is 15.9 Å². The summed E-state index contributed by atoms with van der Waals surface area (Å²) in [6.45, 7) is 6.38. The third kappa shape index (κ3) is 9.07. The van der Waals surface area contributed by atoms with E-state index in [-0.39, 0.29) is 36.9 Å². The molecule has 1 aromatic heterocycles. The van der Waals surface area contributed by atoms with Crippen molar-refractivity contribution in [3.8, 4) is 0 Å². The van der Waals surface area contributed by atoms with Crippen molar-refractivity contribution in [2.24, 2.45) is 5.92 Å². The quantitative estimate of drug-likeness (QED) is 0.218. The standard InChI is InChI=1S/C33H42BrN3O3/c1-26(2)20-36(33(39)25-40-24-28-10-5-3-6-11-28)23-32(38)37(30-12-7-4-8-13-30)22-31-14-9-19-35(31)21-27-15-17-29(34)18-16-27/h3,5-6,9-11,14-19,26,30H,4,7-8,12-13,20-25H2,1-2H3. The molecular formula is C33H42BrN3O3. The molecule has 40 heavy (non-hydrogen) atoms. The number of ether oxygens (including phenoxy) is 1. The largest absolute Gasteiger partial charge is 0.367 e. The molecule has 0 unspecified atom stereocenters. The Morgan fingerprint density at radius 1 is 0.925 bits per heavy atom. The van der Waals surface area contributed by atoms with Crippen LogP contribution in [0.4, 0.5) is 0 Å². The van der Waals surface area contributed by atoms with Crippen LogP contribution < -0.4 is 0 Å². The third-order valence-corrected chi connectivity index (χ3v) is 7.99. The van der Waals surface area contributed by atoms with Gasteiger partial charge in [-0.3, -0.25) is 9.59 Å². The van der Waals surface area contributed by atoms with Crippen LogP contribution in [0.15, 0.2) is 77.4 Å². The average molecular weight is 609 g/mol. The van der Waals surface area contributed by atoms with Gasteiger partial charge in [-0.25, -0.2) is 0 Å². The van der Waals surface area contributed by atoms with Crippen molar-refractivity contribution >= 4 is 27.7 Å². The highest BCUT2D eigenvalue weighted by Gasteiger charge is 2.29. The van der Waals surface area contributed by atoms with Gasteiger partial charge < -0.3 is 19.1 Å². The highest BCUT2D eigenvalue weighted by atomic mass is 79.9. The molecule has 6 nitrogen and oxygen atoms in total. The monoisotopic (exact) mass is 607 g/mol. The second kappa shape index (κ2) is 15.2. The van der Waals surface area contributed by atoms with Crippen LogP contribution in [0.5, 0.6) is 0 Å². The summed E-state index contributed by atoms with van der Waals surface area (Å²) in [5, 5.41) is 0. The minimum atomic E-state index is -0.139. The lowest BCUT2D eigenvalue weighted by Crippen LogP contribution is -2.49. The molecule has 4 rings (SSSR count). The summed E-state index contributed by atoms with van der Waals surface area (Å²) >= 11 is 3.51. The fourth-order valence-electron chi connectivity index (χ4n) is 5.39. The zero-order chi connectivity index (χ0) is 28.3. The van der Waals surface area contributed by atoms with Gasteiger partial charge >= 0.3 is 0 Å². The molecule has 1 aliphatic rings. The molecule has 0 bridgehead atoms. The molecule has 2 amide bonds. The Kier molecular flexibility index (Phi) is 11.4. The number of carbonyl (C=O) groups excluding carboxylic acids is 2. The SMILES string of the molecule is CC(C)CN(CC(=O)N(Cc1cccn1Cc1ccc(Br)cc1)C1CCCCC1)C(=O)COCc1ccccc1.